The Morgan fingerprint density at radius 2 is 1.83 bits per heavy atom. The molecule has 0 aromatic heterocycles. The molecule has 0 bridgehead atoms. The summed E-state index contributed by atoms with van der Waals surface area (Å²) in [5.41, 5.74) is -0.195. The number of alkyl halides is 2. The van der Waals surface area contributed by atoms with E-state index in [2.05, 4.69) is 20.7 Å². The minimum absolute atomic E-state index is 0.0462. The van der Waals surface area contributed by atoms with E-state index >= 15 is 0 Å². The highest BCUT2D eigenvalue weighted by Gasteiger charge is 2.29. The van der Waals surface area contributed by atoms with Gasteiger partial charge in [0.2, 0.25) is 5.91 Å². The molecule has 162 valence electrons. The fraction of sp³-hybridized carbons (Fsp3) is 0.600. The molecule has 29 heavy (non-hydrogen) atoms. The van der Waals surface area contributed by atoms with Crippen LogP contribution in [-0.4, -0.2) is 43.6 Å². The summed E-state index contributed by atoms with van der Waals surface area (Å²) in [5, 5.41) is 8.75. The van der Waals surface area contributed by atoms with Gasteiger partial charge in [0.05, 0.1) is 6.54 Å². The van der Waals surface area contributed by atoms with E-state index in [9.17, 15) is 22.8 Å². The Morgan fingerprint density at radius 1 is 1.17 bits per heavy atom. The lowest BCUT2D eigenvalue weighted by Crippen LogP contribution is -2.46. The van der Waals surface area contributed by atoms with Crippen LogP contribution in [0.25, 0.3) is 0 Å². The van der Waals surface area contributed by atoms with Gasteiger partial charge in [0.25, 0.3) is 5.91 Å². The molecule has 1 aliphatic rings. The van der Waals surface area contributed by atoms with Gasteiger partial charge in [-0.1, -0.05) is 0 Å². The van der Waals surface area contributed by atoms with E-state index in [0.29, 0.717) is 18.4 Å². The molecule has 1 aromatic carbocycles. The highest BCUT2D eigenvalue weighted by molar-refractivity contribution is 5.94. The average Bonchev–Trinajstić information content (AvgIpc) is 2.55. The second kappa shape index (κ2) is 9.96. The number of ether oxygens (including phenoxy) is 1. The Morgan fingerprint density at radius 3 is 2.45 bits per heavy atom. The molecule has 0 spiro atoms. The van der Waals surface area contributed by atoms with E-state index in [1.165, 1.54) is 6.07 Å². The first kappa shape index (κ1) is 23.0. The van der Waals surface area contributed by atoms with Crippen LogP contribution >= 0.6 is 0 Å². The van der Waals surface area contributed by atoms with Crippen LogP contribution in [0.3, 0.4) is 0 Å². The molecule has 0 unspecified atom stereocenters. The molecule has 0 radical (unpaired) electrons. The predicted molar refractivity (Wildman–Crippen MR) is 102 cm³/mol. The summed E-state index contributed by atoms with van der Waals surface area (Å²) >= 11 is 0. The summed E-state index contributed by atoms with van der Waals surface area (Å²) in [7, 11) is 0. The van der Waals surface area contributed by atoms with Crippen LogP contribution in [0.5, 0.6) is 5.75 Å². The van der Waals surface area contributed by atoms with Crippen LogP contribution in [0.4, 0.5) is 13.2 Å². The molecule has 2 amide bonds. The zero-order chi connectivity index (χ0) is 21.6. The molecule has 6 nitrogen and oxygen atoms in total. The minimum atomic E-state index is -3.16. The van der Waals surface area contributed by atoms with Gasteiger partial charge in [0.15, 0.2) is 11.6 Å². The molecule has 0 atom stereocenters. The number of rotatable bonds is 9. The van der Waals surface area contributed by atoms with E-state index in [1.54, 1.807) is 0 Å². The molecular weight excluding hydrogens is 387 g/mol. The molecule has 3 N–H and O–H groups in total. The van der Waals surface area contributed by atoms with Crippen molar-refractivity contribution in [1.29, 1.82) is 0 Å². The van der Waals surface area contributed by atoms with Gasteiger partial charge in [-0.3, -0.25) is 9.59 Å². The smallest absolute Gasteiger partial charge is 0.387 e. The number of amides is 2. The average molecular weight is 415 g/mol. The van der Waals surface area contributed by atoms with Crippen molar-refractivity contribution in [1.82, 2.24) is 16.0 Å². The lowest BCUT2D eigenvalue weighted by molar-refractivity contribution is -0.121. The molecule has 9 heteroatoms. The van der Waals surface area contributed by atoms with E-state index in [4.69, 9.17) is 0 Å². The van der Waals surface area contributed by atoms with E-state index in [1.807, 2.05) is 20.8 Å². The van der Waals surface area contributed by atoms with Gasteiger partial charge in [0, 0.05) is 17.6 Å². The van der Waals surface area contributed by atoms with Crippen molar-refractivity contribution in [2.24, 2.45) is 11.8 Å². The van der Waals surface area contributed by atoms with Gasteiger partial charge in [-0.2, -0.15) is 8.78 Å². The van der Waals surface area contributed by atoms with Gasteiger partial charge in [-0.25, -0.2) is 4.39 Å². The molecule has 0 saturated heterocycles. The summed E-state index contributed by atoms with van der Waals surface area (Å²) in [5.74, 6) is -1.37. The molecular formula is C20H28F3N3O3. The van der Waals surface area contributed by atoms with Crippen molar-refractivity contribution in [3.63, 3.8) is 0 Å². The Balaban J connectivity index is 1.66. The number of benzene rings is 1. The number of carbonyl (C=O) groups is 2. The van der Waals surface area contributed by atoms with Crippen LogP contribution in [0.15, 0.2) is 18.2 Å². The van der Waals surface area contributed by atoms with Crippen molar-refractivity contribution in [3.05, 3.63) is 29.6 Å². The van der Waals surface area contributed by atoms with Gasteiger partial charge >= 0.3 is 6.61 Å². The third-order valence-electron chi connectivity index (χ3n) is 4.53. The third kappa shape index (κ3) is 7.92. The summed E-state index contributed by atoms with van der Waals surface area (Å²) < 4.78 is 42.0. The summed E-state index contributed by atoms with van der Waals surface area (Å²) in [6.45, 7) is 4.05. The second-order valence-electron chi connectivity index (χ2n) is 8.37. The fourth-order valence-corrected chi connectivity index (χ4v) is 3.23. The molecule has 0 aliphatic heterocycles. The van der Waals surface area contributed by atoms with Crippen molar-refractivity contribution in [3.8, 4) is 5.75 Å². The quantitative estimate of drug-likeness (QED) is 0.580. The molecule has 1 aromatic rings. The Labute approximate surface area is 168 Å². The first-order chi connectivity index (χ1) is 13.5. The zero-order valence-electron chi connectivity index (χ0n) is 16.9. The first-order valence-corrected chi connectivity index (χ1v) is 9.58. The molecule has 1 fully saturated rings. The number of hydrogen-bond acceptors (Lipinski definition) is 4. The predicted octanol–water partition coefficient (Wildman–Crippen LogP) is 2.69. The molecule has 1 aliphatic carbocycles. The van der Waals surface area contributed by atoms with E-state index in [-0.39, 0.29) is 23.6 Å². The third-order valence-corrected chi connectivity index (χ3v) is 4.53. The van der Waals surface area contributed by atoms with Crippen LogP contribution in [-0.2, 0) is 4.79 Å². The highest BCUT2D eigenvalue weighted by atomic mass is 19.3. The van der Waals surface area contributed by atoms with Gasteiger partial charge in [-0.15, -0.1) is 0 Å². The number of carbonyl (C=O) groups excluding carboxylic acids is 2. The maximum Gasteiger partial charge on any atom is 0.387 e. The molecule has 2 rings (SSSR count). The van der Waals surface area contributed by atoms with Gasteiger partial charge in [0.1, 0.15) is 0 Å². The summed E-state index contributed by atoms with van der Waals surface area (Å²) in [4.78, 5) is 23.9. The summed E-state index contributed by atoms with van der Waals surface area (Å²) in [6, 6.07) is 3.11. The number of halogens is 3. The van der Waals surface area contributed by atoms with Crippen molar-refractivity contribution in [2.75, 3.05) is 19.6 Å². The van der Waals surface area contributed by atoms with Crippen molar-refractivity contribution >= 4 is 11.8 Å². The van der Waals surface area contributed by atoms with E-state index < -0.39 is 24.1 Å². The van der Waals surface area contributed by atoms with Crippen LogP contribution in [0.2, 0.25) is 0 Å². The maximum atomic E-state index is 13.4. The molecule has 1 saturated carbocycles. The topological polar surface area (TPSA) is 79.5 Å². The molecule has 0 heterocycles. The lowest BCUT2D eigenvalue weighted by atomic mass is 9.75. The fourth-order valence-electron chi connectivity index (χ4n) is 3.23. The minimum Gasteiger partial charge on any atom is -0.432 e. The zero-order valence-corrected chi connectivity index (χ0v) is 16.9. The highest BCUT2D eigenvalue weighted by Crippen LogP contribution is 2.32. The van der Waals surface area contributed by atoms with Crippen molar-refractivity contribution < 1.29 is 27.5 Å². The normalized spacial score (nSPS) is 18.9. The van der Waals surface area contributed by atoms with Gasteiger partial charge < -0.3 is 20.7 Å². The van der Waals surface area contributed by atoms with Crippen LogP contribution in [0, 0.1) is 17.7 Å². The number of nitrogens with one attached hydrogen (secondary N) is 3. The Bertz CT molecular complexity index is 717. The van der Waals surface area contributed by atoms with Crippen molar-refractivity contribution in [2.45, 2.75) is 45.8 Å². The lowest BCUT2D eigenvalue weighted by Gasteiger charge is -2.35. The van der Waals surface area contributed by atoms with E-state index in [0.717, 1.165) is 31.5 Å². The SMILES string of the molecule is CC(C)(C)NC(=O)CNCC1CC(CNC(=O)c2ccc(F)c(OC(F)F)c2)C1. The Kier molecular flexibility index (Phi) is 7.89. The number of hydrogen-bond donors (Lipinski definition) is 3. The standard InChI is InChI=1S/C20H28F3N3O3/c1-20(2,3)26-17(27)11-24-9-12-6-13(7-12)10-25-18(28)14-4-5-15(21)16(8-14)29-19(22)23/h4-5,8,12-13,19,24H,6-7,9-11H2,1-3H3,(H,25,28)(H,26,27). The van der Waals surface area contributed by atoms with Gasteiger partial charge in [-0.05, 0) is 70.2 Å². The Hall–Kier alpha value is -2.29. The largest absolute Gasteiger partial charge is 0.432 e. The second-order valence-corrected chi connectivity index (χ2v) is 8.37. The first-order valence-electron chi connectivity index (χ1n) is 9.58. The maximum absolute atomic E-state index is 13.4. The van der Waals surface area contributed by atoms with Crippen LogP contribution in [0.1, 0.15) is 44.0 Å². The summed E-state index contributed by atoms with van der Waals surface area (Å²) in [6.07, 6.45) is 1.83. The van der Waals surface area contributed by atoms with Crippen LogP contribution < -0.4 is 20.7 Å². The monoisotopic (exact) mass is 415 g/mol.